The van der Waals surface area contributed by atoms with Crippen molar-refractivity contribution in [2.75, 3.05) is 5.32 Å². The first-order valence-electron chi connectivity index (χ1n) is 5.58. The van der Waals surface area contributed by atoms with Gasteiger partial charge in [0.25, 0.3) is 0 Å². The number of aromatic nitrogens is 2. The fourth-order valence-electron chi connectivity index (χ4n) is 1.77. The quantitative estimate of drug-likeness (QED) is 0.778. The molecular weight excluding hydrogens is 174 g/mol. The van der Waals surface area contributed by atoms with Gasteiger partial charge in [0.2, 0.25) is 0 Å². The summed E-state index contributed by atoms with van der Waals surface area (Å²) in [4.78, 5) is 0. The molecule has 0 saturated heterocycles. The minimum Gasteiger partial charge on any atom is -0.380 e. The molecule has 1 aliphatic rings. The Balaban J connectivity index is 1.88. The van der Waals surface area contributed by atoms with Gasteiger partial charge in [-0.25, -0.2) is 0 Å². The van der Waals surface area contributed by atoms with E-state index in [0.717, 1.165) is 24.6 Å². The molecule has 0 bridgehead atoms. The first-order chi connectivity index (χ1) is 6.79. The summed E-state index contributed by atoms with van der Waals surface area (Å²) in [6.07, 6.45) is 7.94. The molecule has 1 aliphatic carbocycles. The molecule has 0 aliphatic heterocycles. The lowest BCUT2D eigenvalue weighted by Gasteiger charge is -2.11. The maximum Gasteiger partial charge on any atom is 0.0728 e. The zero-order valence-corrected chi connectivity index (χ0v) is 9.03. The van der Waals surface area contributed by atoms with Gasteiger partial charge in [-0.15, -0.1) is 0 Å². The van der Waals surface area contributed by atoms with Crippen LogP contribution in [-0.2, 0) is 6.54 Å². The van der Waals surface area contributed by atoms with Gasteiger partial charge in [-0.05, 0) is 32.1 Å². The largest absolute Gasteiger partial charge is 0.380 e. The van der Waals surface area contributed by atoms with Crippen LogP contribution in [0.1, 0.15) is 33.1 Å². The van der Waals surface area contributed by atoms with Gasteiger partial charge in [-0.2, -0.15) is 5.10 Å². The maximum absolute atomic E-state index is 4.29. The van der Waals surface area contributed by atoms with Gasteiger partial charge in [-0.3, -0.25) is 4.68 Å². The standard InChI is InChI=1S/C11H19N3/c1-3-6-14-8-11(7-12-14)13-9(2)10-4-5-10/h7-10,13H,3-6H2,1-2H3. The Hall–Kier alpha value is -0.990. The highest BCUT2D eigenvalue weighted by Gasteiger charge is 2.27. The molecule has 1 aromatic rings. The topological polar surface area (TPSA) is 29.9 Å². The van der Waals surface area contributed by atoms with Crippen LogP contribution >= 0.6 is 0 Å². The molecule has 14 heavy (non-hydrogen) atoms. The molecule has 1 N–H and O–H groups in total. The minimum absolute atomic E-state index is 0.606. The van der Waals surface area contributed by atoms with Crippen LogP contribution in [0.15, 0.2) is 12.4 Å². The molecule has 1 unspecified atom stereocenters. The average molecular weight is 193 g/mol. The van der Waals surface area contributed by atoms with Gasteiger partial charge in [-0.1, -0.05) is 6.92 Å². The third kappa shape index (κ3) is 2.28. The fourth-order valence-corrected chi connectivity index (χ4v) is 1.77. The second-order valence-electron chi connectivity index (χ2n) is 4.26. The molecule has 0 aromatic carbocycles. The van der Waals surface area contributed by atoms with Crippen LogP contribution in [0.3, 0.4) is 0 Å². The molecule has 0 spiro atoms. The highest BCUT2D eigenvalue weighted by molar-refractivity contribution is 5.39. The van der Waals surface area contributed by atoms with Crippen molar-refractivity contribution in [3.8, 4) is 0 Å². The molecule has 3 heteroatoms. The Kier molecular flexibility index (Phi) is 2.75. The summed E-state index contributed by atoms with van der Waals surface area (Å²) in [5.74, 6) is 0.893. The highest BCUT2D eigenvalue weighted by atomic mass is 15.3. The molecule has 1 heterocycles. The van der Waals surface area contributed by atoms with Crippen molar-refractivity contribution in [1.29, 1.82) is 0 Å². The summed E-state index contributed by atoms with van der Waals surface area (Å²) in [6.45, 7) is 5.44. The van der Waals surface area contributed by atoms with E-state index in [0.29, 0.717) is 6.04 Å². The van der Waals surface area contributed by atoms with Crippen LogP contribution in [-0.4, -0.2) is 15.8 Å². The van der Waals surface area contributed by atoms with Gasteiger partial charge in [0.15, 0.2) is 0 Å². The van der Waals surface area contributed by atoms with Crippen LogP contribution in [0.5, 0.6) is 0 Å². The van der Waals surface area contributed by atoms with Crippen LogP contribution in [0.2, 0.25) is 0 Å². The van der Waals surface area contributed by atoms with Crippen LogP contribution in [0, 0.1) is 5.92 Å². The smallest absolute Gasteiger partial charge is 0.0728 e. The van der Waals surface area contributed by atoms with E-state index in [2.05, 4.69) is 30.5 Å². The second-order valence-corrected chi connectivity index (χ2v) is 4.26. The Bertz CT molecular complexity index is 288. The van der Waals surface area contributed by atoms with Crippen LogP contribution in [0.25, 0.3) is 0 Å². The number of aryl methyl sites for hydroxylation is 1. The molecule has 0 amide bonds. The third-order valence-corrected chi connectivity index (χ3v) is 2.81. The number of hydrogen-bond acceptors (Lipinski definition) is 2. The lowest BCUT2D eigenvalue weighted by Crippen LogP contribution is -2.16. The lowest BCUT2D eigenvalue weighted by molar-refractivity contribution is 0.602. The molecule has 1 atom stereocenters. The summed E-state index contributed by atoms with van der Waals surface area (Å²) in [5.41, 5.74) is 1.16. The summed E-state index contributed by atoms with van der Waals surface area (Å²) < 4.78 is 2.00. The maximum atomic E-state index is 4.29. The Morgan fingerprint density at radius 1 is 1.64 bits per heavy atom. The Labute approximate surface area is 85.5 Å². The molecule has 0 radical (unpaired) electrons. The van der Waals surface area contributed by atoms with Crippen molar-refractivity contribution in [3.63, 3.8) is 0 Å². The predicted molar refractivity (Wildman–Crippen MR) is 58.3 cm³/mol. The summed E-state index contributed by atoms with van der Waals surface area (Å²) >= 11 is 0. The van der Waals surface area contributed by atoms with Gasteiger partial charge in [0.1, 0.15) is 0 Å². The van der Waals surface area contributed by atoms with Crippen molar-refractivity contribution >= 4 is 5.69 Å². The number of hydrogen-bond donors (Lipinski definition) is 1. The summed E-state index contributed by atoms with van der Waals surface area (Å²) in [5, 5.41) is 7.79. The van der Waals surface area contributed by atoms with Gasteiger partial charge in [0, 0.05) is 18.8 Å². The SMILES string of the molecule is CCCn1cc(NC(C)C2CC2)cn1. The van der Waals surface area contributed by atoms with E-state index in [4.69, 9.17) is 0 Å². The van der Waals surface area contributed by atoms with E-state index in [1.807, 2.05) is 10.9 Å². The molecular formula is C11H19N3. The molecule has 1 fully saturated rings. The monoisotopic (exact) mass is 193 g/mol. The van der Waals surface area contributed by atoms with Crippen molar-refractivity contribution in [1.82, 2.24) is 9.78 Å². The normalized spacial score (nSPS) is 18.1. The first kappa shape index (κ1) is 9.56. The van der Waals surface area contributed by atoms with Crippen LogP contribution < -0.4 is 5.32 Å². The van der Waals surface area contributed by atoms with E-state index >= 15 is 0 Å². The average Bonchev–Trinajstić information content (AvgIpc) is 2.92. The number of nitrogens with zero attached hydrogens (tertiary/aromatic N) is 2. The Morgan fingerprint density at radius 2 is 2.43 bits per heavy atom. The van der Waals surface area contributed by atoms with Gasteiger partial charge < -0.3 is 5.32 Å². The molecule has 2 rings (SSSR count). The van der Waals surface area contributed by atoms with Gasteiger partial charge in [0.05, 0.1) is 11.9 Å². The van der Waals surface area contributed by atoms with Crippen LogP contribution in [0.4, 0.5) is 5.69 Å². The van der Waals surface area contributed by atoms with Crippen molar-refractivity contribution in [3.05, 3.63) is 12.4 Å². The molecule has 1 aromatic heterocycles. The van der Waals surface area contributed by atoms with E-state index in [1.54, 1.807) is 0 Å². The zero-order valence-electron chi connectivity index (χ0n) is 9.03. The summed E-state index contributed by atoms with van der Waals surface area (Å²) in [7, 11) is 0. The molecule has 1 saturated carbocycles. The zero-order chi connectivity index (χ0) is 9.97. The number of rotatable bonds is 5. The van der Waals surface area contributed by atoms with E-state index in [9.17, 15) is 0 Å². The molecule has 3 nitrogen and oxygen atoms in total. The first-order valence-corrected chi connectivity index (χ1v) is 5.58. The van der Waals surface area contributed by atoms with E-state index in [-0.39, 0.29) is 0 Å². The summed E-state index contributed by atoms with van der Waals surface area (Å²) in [6, 6.07) is 0.606. The lowest BCUT2D eigenvalue weighted by atomic mass is 10.2. The third-order valence-electron chi connectivity index (χ3n) is 2.81. The second kappa shape index (κ2) is 4.03. The van der Waals surface area contributed by atoms with Crippen molar-refractivity contribution in [2.45, 2.75) is 45.7 Å². The number of anilines is 1. The Morgan fingerprint density at radius 3 is 3.07 bits per heavy atom. The highest BCUT2D eigenvalue weighted by Crippen LogP contribution is 2.33. The van der Waals surface area contributed by atoms with Crippen molar-refractivity contribution in [2.24, 2.45) is 5.92 Å². The number of nitrogens with one attached hydrogen (secondary N) is 1. The van der Waals surface area contributed by atoms with E-state index < -0.39 is 0 Å². The van der Waals surface area contributed by atoms with Crippen molar-refractivity contribution < 1.29 is 0 Å². The van der Waals surface area contributed by atoms with Gasteiger partial charge >= 0.3 is 0 Å². The minimum atomic E-state index is 0.606. The molecule has 78 valence electrons. The van der Waals surface area contributed by atoms with E-state index in [1.165, 1.54) is 12.8 Å². The fraction of sp³-hybridized carbons (Fsp3) is 0.727. The predicted octanol–water partition coefficient (Wildman–Crippen LogP) is 2.50.